The molecule has 3 aliphatic carbocycles. The molecular weight excluding hydrogens is 361 g/mol. The van der Waals surface area contributed by atoms with E-state index in [2.05, 4.69) is 31.2 Å². The minimum Gasteiger partial charge on any atom is -0.392 e. The number of benzene rings is 1. The lowest BCUT2D eigenvalue weighted by atomic mass is 9.61. The molecule has 146 valence electrons. The molecule has 1 saturated carbocycles. The third kappa shape index (κ3) is 3.53. The Morgan fingerprint density at radius 3 is 2.46 bits per heavy atom. The van der Waals surface area contributed by atoms with Crippen LogP contribution in [0.1, 0.15) is 30.9 Å². The predicted molar refractivity (Wildman–Crippen MR) is 105 cm³/mol. The lowest BCUT2D eigenvalue weighted by molar-refractivity contribution is -0.137. The summed E-state index contributed by atoms with van der Waals surface area (Å²) >= 11 is 0. The highest BCUT2D eigenvalue weighted by molar-refractivity contribution is 5.76. The second-order valence-electron chi connectivity index (χ2n) is 8.08. The fourth-order valence-electron chi connectivity index (χ4n) is 4.64. The highest BCUT2D eigenvalue weighted by atomic mass is 19.4. The zero-order valence-corrected chi connectivity index (χ0v) is 15.7. The number of allylic oxidation sites excluding steroid dienone is 9. The van der Waals surface area contributed by atoms with Crippen LogP contribution in [0.15, 0.2) is 78.4 Å². The molecule has 0 aromatic heterocycles. The Morgan fingerprint density at radius 1 is 1.00 bits per heavy atom. The Bertz CT molecular complexity index is 899. The van der Waals surface area contributed by atoms with Crippen molar-refractivity contribution in [3.8, 4) is 0 Å². The summed E-state index contributed by atoms with van der Waals surface area (Å²) < 4.78 is 38.4. The first-order valence-electron chi connectivity index (χ1n) is 9.57. The zero-order valence-electron chi connectivity index (χ0n) is 15.7. The number of halogens is 3. The smallest absolute Gasteiger partial charge is 0.392 e. The van der Waals surface area contributed by atoms with E-state index in [1.165, 1.54) is 17.7 Å². The van der Waals surface area contributed by atoms with E-state index in [9.17, 15) is 18.3 Å². The molecule has 3 aliphatic rings. The summed E-state index contributed by atoms with van der Waals surface area (Å²) in [5, 5.41) is 10.8. The van der Waals surface area contributed by atoms with Gasteiger partial charge in [-0.3, -0.25) is 0 Å². The molecule has 1 nitrogen and oxygen atoms in total. The van der Waals surface area contributed by atoms with Gasteiger partial charge in [-0.25, -0.2) is 0 Å². The number of hydrogen-bond donors (Lipinski definition) is 1. The van der Waals surface area contributed by atoms with E-state index in [4.69, 9.17) is 0 Å². The van der Waals surface area contributed by atoms with Crippen LogP contribution >= 0.6 is 0 Å². The monoisotopic (exact) mass is 384 g/mol. The minimum atomic E-state index is -4.33. The second kappa shape index (κ2) is 6.93. The first-order valence-corrected chi connectivity index (χ1v) is 9.57. The highest BCUT2D eigenvalue weighted by Crippen LogP contribution is 2.49. The predicted octanol–water partition coefficient (Wildman–Crippen LogP) is 6.10. The Hall–Kier alpha value is -2.33. The Morgan fingerprint density at radius 2 is 1.75 bits per heavy atom. The van der Waals surface area contributed by atoms with Crippen LogP contribution in [0.4, 0.5) is 13.2 Å². The van der Waals surface area contributed by atoms with E-state index < -0.39 is 17.8 Å². The van der Waals surface area contributed by atoms with Crippen molar-refractivity contribution < 1.29 is 18.3 Å². The number of aliphatic hydroxyl groups is 1. The summed E-state index contributed by atoms with van der Waals surface area (Å²) in [5.41, 5.74) is 2.01. The van der Waals surface area contributed by atoms with Crippen molar-refractivity contribution in [2.75, 3.05) is 0 Å². The summed E-state index contributed by atoms with van der Waals surface area (Å²) in [6, 6.07) is 5.25. The van der Waals surface area contributed by atoms with Crippen LogP contribution in [-0.2, 0) is 6.18 Å². The molecule has 4 atom stereocenters. The minimum absolute atomic E-state index is 0.156. The zero-order chi connectivity index (χ0) is 19.9. The fourth-order valence-corrected chi connectivity index (χ4v) is 4.64. The van der Waals surface area contributed by atoms with Crippen LogP contribution in [0.2, 0.25) is 0 Å². The number of aliphatic hydroxyl groups excluding tert-OH is 1. The summed E-state index contributed by atoms with van der Waals surface area (Å²) in [6.07, 6.45) is 13.2. The molecular formula is C24H23F3O. The van der Waals surface area contributed by atoms with Crippen molar-refractivity contribution in [1.82, 2.24) is 0 Å². The van der Waals surface area contributed by atoms with Crippen molar-refractivity contribution in [1.29, 1.82) is 0 Å². The molecule has 28 heavy (non-hydrogen) atoms. The quantitative estimate of drug-likeness (QED) is 0.620. The van der Waals surface area contributed by atoms with Crippen LogP contribution in [0, 0.1) is 17.3 Å². The number of rotatable bonds is 1. The van der Waals surface area contributed by atoms with E-state index in [0.717, 1.165) is 29.7 Å². The molecule has 4 rings (SSSR count). The molecule has 1 fully saturated rings. The average molecular weight is 384 g/mol. The average Bonchev–Trinajstić information content (AvgIpc) is 2.85. The van der Waals surface area contributed by atoms with E-state index in [1.807, 2.05) is 24.3 Å². The van der Waals surface area contributed by atoms with Crippen molar-refractivity contribution in [3.63, 3.8) is 0 Å². The van der Waals surface area contributed by atoms with Gasteiger partial charge in [-0.05, 0) is 49.0 Å². The molecule has 0 heterocycles. The van der Waals surface area contributed by atoms with Gasteiger partial charge in [0.2, 0.25) is 0 Å². The van der Waals surface area contributed by atoms with Gasteiger partial charge in [-0.15, -0.1) is 0 Å². The number of hydrogen-bond acceptors (Lipinski definition) is 1. The lowest BCUT2D eigenvalue weighted by Gasteiger charge is -2.45. The van der Waals surface area contributed by atoms with Crippen LogP contribution in [0.5, 0.6) is 0 Å². The molecule has 1 spiro atoms. The van der Waals surface area contributed by atoms with Crippen molar-refractivity contribution in [2.45, 2.75) is 32.0 Å². The summed E-state index contributed by atoms with van der Waals surface area (Å²) in [7, 11) is 0. The van der Waals surface area contributed by atoms with Gasteiger partial charge in [-0.2, -0.15) is 13.2 Å². The van der Waals surface area contributed by atoms with Gasteiger partial charge >= 0.3 is 6.18 Å². The summed E-state index contributed by atoms with van der Waals surface area (Å²) in [4.78, 5) is 0. The maximum absolute atomic E-state index is 12.8. The summed E-state index contributed by atoms with van der Waals surface area (Å²) in [5.74, 6) is 0.457. The largest absolute Gasteiger partial charge is 0.416 e. The summed E-state index contributed by atoms with van der Waals surface area (Å²) in [6.45, 7) is 2.11. The fraction of sp³-hybridized carbons (Fsp3) is 0.333. The van der Waals surface area contributed by atoms with E-state index in [0.29, 0.717) is 12.3 Å². The first-order chi connectivity index (χ1) is 13.3. The van der Waals surface area contributed by atoms with Gasteiger partial charge in [0.1, 0.15) is 0 Å². The van der Waals surface area contributed by atoms with E-state index in [1.54, 1.807) is 0 Å². The van der Waals surface area contributed by atoms with Crippen LogP contribution in [0.25, 0.3) is 5.57 Å². The Kier molecular flexibility index (Phi) is 4.70. The van der Waals surface area contributed by atoms with Gasteiger partial charge in [0.05, 0.1) is 11.7 Å². The Balaban J connectivity index is 1.58. The molecule has 3 unspecified atom stereocenters. The van der Waals surface area contributed by atoms with Crippen LogP contribution < -0.4 is 0 Å². The molecule has 0 radical (unpaired) electrons. The normalized spacial score (nSPS) is 32.0. The van der Waals surface area contributed by atoms with Gasteiger partial charge in [0.25, 0.3) is 0 Å². The van der Waals surface area contributed by atoms with Crippen molar-refractivity contribution in [3.05, 3.63) is 89.6 Å². The highest BCUT2D eigenvalue weighted by Gasteiger charge is 2.43. The molecule has 1 aromatic carbocycles. The van der Waals surface area contributed by atoms with Crippen LogP contribution in [-0.4, -0.2) is 11.2 Å². The third-order valence-corrected chi connectivity index (χ3v) is 6.22. The van der Waals surface area contributed by atoms with E-state index in [-0.39, 0.29) is 11.3 Å². The van der Waals surface area contributed by atoms with Gasteiger partial charge < -0.3 is 5.11 Å². The topological polar surface area (TPSA) is 20.2 Å². The van der Waals surface area contributed by atoms with E-state index >= 15 is 0 Å². The standard InChI is InChI=1S/C24H23F3O/c1-16-4-2-6-20-21(16)14-23(15-22(20)28)12-3-5-17(11-13-23)18-7-9-19(10-8-18)24(25,26)27/h2-13,20-22,28H,14-15H2,1H3/t20-,21?,22?,23?/m1/s1. The first kappa shape index (κ1) is 19.0. The molecule has 1 N–H and O–H groups in total. The number of alkyl halides is 3. The molecule has 0 amide bonds. The molecule has 0 aliphatic heterocycles. The maximum atomic E-state index is 12.8. The third-order valence-electron chi connectivity index (χ3n) is 6.22. The maximum Gasteiger partial charge on any atom is 0.416 e. The SMILES string of the molecule is CC1=CC=C[C@H]2C(O)CC3(C=CC=C(c4ccc(C(F)(F)F)cc4)C=C3)CC12. The molecule has 0 bridgehead atoms. The van der Waals surface area contributed by atoms with Crippen molar-refractivity contribution in [2.24, 2.45) is 17.3 Å². The van der Waals surface area contributed by atoms with Crippen molar-refractivity contribution >= 4 is 5.57 Å². The molecule has 0 saturated heterocycles. The second-order valence-corrected chi connectivity index (χ2v) is 8.08. The lowest BCUT2D eigenvalue weighted by Crippen LogP contribution is -2.41. The molecule has 1 aromatic rings. The Labute approximate surface area is 163 Å². The van der Waals surface area contributed by atoms with Gasteiger partial charge in [0, 0.05) is 11.3 Å². The van der Waals surface area contributed by atoms with Crippen LogP contribution in [0.3, 0.4) is 0 Å². The van der Waals surface area contributed by atoms with Gasteiger partial charge in [0.15, 0.2) is 0 Å². The van der Waals surface area contributed by atoms with Gasteiger partial charge in [-0.1, -0.05) is 66.3 Å². The molecule has 4 heteroatoms. The number of fused-ring (bicyclic) bond motifs is 1.